The van der Waals surface area contributed by atoms with E-state index >= 15 is 0 Å². The molecule has 0 saturated carbocycles. The van der Waals surface area contributed by atoms with Gasteiger partial charge in [0.2, 0.25) is 0 Å². The van der Waals surface area contributed by atoms with Gasteiger partial charge in [0.15, 0.2) is 0 Å². The van der Waals surface area contributed by atoms with E-state index in [9.17, 15) is 5.11 Å². The van der Waals surface area contributed by atoms with Crippen molar-refractivity contribution in [2.75, 3.05) is 20.0 Å². The molecular weight excluding hydrogens is 199 g/mol. The Morgan fingerprint density at radius 2 is 2.27 bits per heavy atom. The fourth-order valence-electron chi connectivity index (χ4n) is 2.17. The average molecular weight is 214 g/mol. The van der Waals surface area contributed by atoms with Crippen molar-refractivity contribution in [1.82, 2.24) is 0 Å². The second kappa shape index (κ2) is 4.39. The van der Waals surface area contributed by atoms with E-state index in [1.165, 1.54) is 0 Å². The first-order valence-electron chi connectivity index (χ1n) is 5.12. The van der Waals surface area contributed by atoms with Crippen LogP contribution in [0.15, 0.2) is 0 Å². The summed E-state index contributed by atoms with van der Waals surface area (Å²) in [5.74, 6) is 0. The van der Waals surface area contributed by atoms with E-state index in [0.29, 0.717) is 19.4 Å². The first-order chi connectivity index (χ1) is 7.18. The van der Waals surface area contributed by atoms with Crippen molar-refractivity contribution in [2.24, 2.45) is 0 Å². The third kappa shape index (κ3) is 1.92. The van der Waals surface area contributed by atoms with E-state index in [2.05, 4.69) is 0 Å². The fraction of sp³-hybridized carbons (Fsp3) is 1.00. The second-order valence-corrected chi connectivity index (χ2v) is 3.99. The van der Waals surface area contributed by atoms with Gasteiger partial charge in [-0.25, -0.2) is 0 Å². The minimum Gasteiger partial charge on any atom is -0.396 e. The Morgan fingerprint density at radius 3 is 3.00 bits per heavy atom. The molecule has 0 aliphatic carbocycles. The van der Waals surface area contributed by atoms with Crippen molar-refractivity contribution in [2.45, 2.75) is 36.7 Å². The van der Waals surface area contributed by atoms with Gasteiger partial charge >= 0.3 is 0 Å². The predicted octanol–water partition coefficient (Wildman–Crippen LogP) is -1.24. The van der Waals surface area contributed by atoms with Crippen molar-refractivity contribution in [1.29, 1.82) is 0 Å². The number of hydrogen-bond acceptors (Lipinski definition) is 5. The topological polar surface area (TPSA) is 68.2 Å². The van der Waals surface area contributed by atoms with Crippen LogP contribution in [0.1, 0.15) is 12.8 Å². The Balaban J connectivity index is 2.07. The maximum atomic E-state index is 10.3. The van der Waals surface area contributed by atoms with Gasteiger partial charge in [-0.2, -0.15) is 0 Å². The molecule has 84 valence electrons. The normalized spacial score (nSPS) is 45.3. The number of aliphatic hydroxyl groups is 2. The number of aliphatic hydroxyl groups excluding tert-OH is 1. The summed E-state index contributed by atoms with van der Waals surface area (Å²) in [5.41, 5.74) is -1.21. The molecule has 4 atom stereocenters. The molecule has 2 heterocycles. The van der Waals surface area contributed by atoms with Gasteiger partial charge in [0.05, 0.1) is 6.61 Å². The number of fused-ring (bicyclic) bond motifs is 1. The molecule has 0 aromatic carbocycles. The smallest absolute Gasteiger partial charge is 0.147 e. The van der Waals surface area contributed by atoms with Crippen LogP contribution in [0.25, 0.3) is 0 Å². The van der Waals surface area contributed by atoms with Crippen molar-refractivity contribution in [3.05, 3.63) is 0 Å². The minimum absolute atomic E-state index is 0.0168. The van der Waals surface area contributed by atoms with Crippen LogP contribution in [0.3, 0.4) is 0 Å². The Kier molecular flexibility index (Phi) is 3.32. The largest absolute Gasteiger partial charge is 0.396 e. The maximum Gasteiger partial charge on any atom is 0.147 e. The van der Waals surface area contributed by atoms with E-state index in [0.717, 1.165) is 0 Å². The molecule has 0 spiro atoms. The monoisotopic (exact) mass is 214 g/mol. The molecule has 0 aromatic heterocycles. The van der Waals surface area contributed by atoms with Gasteiger partial charge in [-0.1, -0.05) is 0 Å². The predicted molar refractivity (Wildman–Crippen MR) is 51.4 cm³/mol. The van der Waals surface area contributed by atoms with Crippen molar-refractivity contribution in [3.63, 3.8) is 0 Å². The zero-order chi connectivity index (χ0) is 10.9. The summed E-state index contributed by atoms with van der Waals surface area (Å²) in [5, 5.41) is 19.1. The molecule has 5 nitrogen and oxygen atoms in total. The van der Waals surface area contributed by atoms with Crippen LogP contribution in [0.5, 0.6) is 0 Å². The summed E-state index contributed by atoms with van der Waals surface area (Å²) in [4.78, 5) is 0. The molecule has 2 radical (unpaired) electrons. The van der Waals surface area contributed by atoms with Gasteiger partial charge in [0.1, 0.15) is 32.4 Å². The summed E-state index contributed by atoms with van der Waals surface area (Å²) < 4.78 is 15.8. The lowest BCUT2D eigenvalue weighted by Crippen LogP contribution is -2.52. The molecule has 2 aliphatic heterocycles. The minimum atomic E-state index is -1.21. The van der Waals surface area contributed by atoms with Gasteiger partial charge in [0, 0.05) is 12.6 Å². The summed E-state index contributed by atoms with van der Waals surface area (Å²) in [6.07, 6.45) is 0.0811. The number of ether oxygens (including phenoxy) is 3. The summed E-state index contributed by atoms with van der Waals surface area (Å²) in [7, 11) is 5.72. The standard InChI is InChI=1S/C9H15BO5/c10-8-9(12,2-1-3-11)7-6(15-8)4-13-5-14-7/h6-8,11-12H,1-5H2/t6?,7-,8?,9+/m1/s1. The van der Waals surface area contributed by atoms with E-state index < -0.39 is 17.7 Å². The van der Waals surface area contributed by atoms with E-state index in [4.69, 9.17) is 27.2 Å². The number of rotatable bonds is 3. The van der Waals surface area contributed by atoms with Gasteiger partial charge in [-0.15, -0.1) is 0 Å². The Morgan fingerprint density at radius 1 is 1.47 bits per heavy atom. The van der Waals surface area contributed by atoms with E-state index in [1.54, 1.807) is 0 Å². The van der Waals surface area contributed by atoms with Crippen LogP contribution in [-0.2, 0) is 14.2 Å². The molecule has 2 rings (SSSR count). The highest BCUT2D eigenvalue weighted by Crippen LogP contribution is 2.37. The third-order valence-electron chi connectivity index (χ3n) is 2.99. The van der Waals surface area contributed by atoms with Crippen molar-refractivity contribution in [3.8, 4) is 0 Å². The van der Waals surface area contributed by atoms with Crippen LogP contribution < -0.4 is 0 Å². The Hall–Kier alpha value is -0.135. The average Bonchev–Trinajstić information content (AvgIpc) is 2.50. The fourth-order valence-corrected chi connectivity index (χ4v) is 2.17. The molecule has 6 heteroatoms. The zero-order valence-corrected chi connectivity index (χ0v) is 8.46. The molecule has 2 aliphatic rings. The molecule has 15 heavy (non-hydrogen) atoms. The van der Waals surface area contributed by atoms with Crippen molar-refractivity contribution < 1.29 is 24.4 Å². The quantitative estimate of drug-likeness (QED) is 0.575. The first-order valence-corrected chi connectivity index (χ1v) is 5.12. The summed E-state index contributed by atoms with van der Waals surface area (Å²) in [6, 6.07) is -0.777. The lowest BCUT2D eigenvalue weighted by molar-refractivity contribution is -0.204. The summed E-state index contributed by atoms with van der Waals surface area (Å²) >= 11 is 0. The van der Waals surface area contributed by atoms with Crippen LogP contribution in [0, 0.1) is 0 Å². The van der Waals surface area contributed by atoms with Gasteiger partial charge in [-0.05, 0) is 12.8 Å². The maximum absolute atomic E-state index is 10.3. The van der Waals surface area contributed by atoms with Gasteiger partial charge < -0.3 is 24.4 Å². The molecule has 2 unspecified atom stereocenters. The lowest BCUT2D eigenvalue weighted by Gasteiger charge is -2.34. The molecule has 2 N–H and O–H groups in total. The highest BCUT2D eigenvalue weighted by atomic mass is 16.7. The van der Waals surface area contributed by atoms with Crippen LogP contribution in [0.4, 0.5) is 0 Å². The van der Waals surface area contributed by atoms with Crippen LogP contribution in [-0.4, -0.2) is 61.9 Å². The van der Waals surface area contributed by atoms with Crippen LogP contribution >= 0.6 is 0 Å². The molecule has 2 saturated heterocycles. The third-order valence-corrected chi connectivity index (χ3v) is 2.99. The molecule has 2 fully saturated rings. The second-order valence-electron chi connectivity index (χ2n) is 3.99. The van der Waals surface area contributed by atoms with Gasteiger partial charge in [-0.3, -0.25) is 0 Å². The highest BCUT2D eigenvalue weighted by Gasteiger charge is 2.54. The SMILES string of the molecule is [B]C1OC2COCO[C@H]2[C@@]1(O)CCCO. The molecule has 0 bridgehead atoms. The van der Waals surface area contributed by atoms with Crippen molar-refractivity contribution >= 4 is 7.85 Å². The van der Waals surface area contributed by atoms with Gasteiger partial charge in [0.25, 0.3) is 0 Å². The zero-order valence-electron chi connectivity index (χ0n) is 8.46. The number of hydrogen-bond donors (Lipinski definition) is 2. The molecular formula is C9H15BO5. The Bertz CT molecular complexity index is 227. The first kappa shape index (κ1) is 11.4. The van der Waals surface area contributed by atoms with E-state index in [1.807, 2.05) is 0 Å². The van der Waals surface area contributed by atoms with E-state index in [-0.39, 0.29) is 19.5 Å². The lowest BCUT2D eigenvalue weighted by atomic mass is 9.77. The van der Waals surface area contributed by atoms with Crippen LogP contribution in [0.2, 0.25) is 0 Å². The summed E-state index contributed by atoms with van der Waals surface area (Å²) in [6.45, 7) is 0.557. The highest BCUT2D eigenvalue weighted by molar-refractivity contribution is 6.12. The molecule has 0 amide bonds. The molecule has 0 aromatic rings. The Labute approximate surface area is 89.7 Å².